The molecule has 8 nitrogen and oxygen atoms in total. The fraction of sp³-hybridized carbons (Fsp3) is 0. The summed E-state index contributed by atoms with van der Waals surface area (Å²) in [5.74, 6) is 0. The van der Waals surface area contributed by atoms with E-state index in [1.807, 2.05) is 54.6 Å². The standard InChI is InChI=1S/C12H12N2.N2.H2O4S/c13-10-6-8-12(9-7-10)14-11-4-2-1-3-5-11;1-2;1-5(2,3)4/h1-9,14H,13H2;;(H2,1,2,3,4)/p-1. The summed E-state index contributed by atoms with van der Waals surface area (Å²) in [4.78, 5) is 0. The highest BCUT2D eigenvalue weighted by Crippen LogP contribution is 2.16. The van der Waals surface area contributed by atoms with Crippen LogP contribution in [0.25, 0.3) is 0 Å². The minimum atomic E-state index is -5.17. The molecular formula is C12H13N4O4S-. The van der Waals surface area contributed by atoms with Gasteiger partial charge >= 0.3 is 0 Å². The van der Waals surface area contributed by atoms with Crippen LogP contribution in [0.4, 0.5) is 17.1 Å². The predicted octanol–water partition coefficient (Wildman–Crippen LogP) is -0.0463. The smallest absolute Gasteiger partial charge is 0.212 e. The van der Waals surface area contributed by atoms with Gasteiger partial charge < -0.3 is 20.2 Å². The lowest BCUT2D eigenvalue weighted by atomic mass is 10.2. The number of hydrogen-bond acceptors (Lipinski definition) is 7. The molecule has 0 amide bonds. The molecule has 0 spiro atoms. The highest BCUT2D eigenvalue weighted by Gasteiger charge is 1.92. The molecule has 0 saturated heterocycles. The average molecular weight is 309 g/mol. The lowest BCUT2D eigenvalue weighted by molar-refractivity contribution is -0.175. The predicted molar refractivity (Wildman–Crippen MR) is 73.7 cm³/mol. The van der Waals surface area contributed by atoms with Crippen molar-refractivity contribution in [3.05, 3.63) is 54.6 Å². The van der Waals surface area contributed by atoms with Crippen molar-refractivity contribution < 1.29 is 22.9 Å². The number of nitrogens with one attached hydrogen (secondary N) is 2. The van der Waals surface area contributed by atoms with Crippen LogP contribution in [0.2, 0.25) is 0 Å². The summed E-state index contributed by atoms with van der Waals surface area (Å²) in [6.07, 6.45) is 0. The van der Waals surface area contributed by atoms with Crippen LogP contribution in [-0.2, 0) is 10.4 Å². The summed E-state index contributed by atoms with van der Waals surface area (Å²) < 4.78 is 34.1. The van der Waals surface area contributed by atoms with E-state index in [2.05, 4.69) is 5.32 Å². The van der Waals surface area contributed by atoms with Gasteiger partial charge in [-0.3, -0.25) is 8.42 Å². The van der Waals surface area contributed by atoms with Gasteiger partial charge in [-0.05, 0) is 36.4 Å². The van der Waals surface area contributed by atoms with Crippen LogP contribution >= 0.6 is 0 Å². The molecule has 0 saturated carbocycles. The highest BCUT2D eigenvalue weighted by molar-refractivity contribution is 7.79. The molecule has 0 heterocycles. The van der Waals surface area contributed by atoms with E-state index in [-0.39, 0.29) is 0 Å². The number of para-hydroxylation sites is 1. The number of nitrogens with two attached hydrogens (primary N) is 1. The topological polar surface area (TPSA) is 166 Å². The third kappa shape index (κ3) is 10.9. The molecule has 0 fully saturated rings. The monoisotopic (exact) mass is 309 g/mol. The van der Waals surface area contributed by atoms with Crippen LogP contribution in [0, 0.1) is 5.39 Å². The van der Waals surface area contributed by atoms with Crippen molar-refractivity contribution in [3.63, 3.8) is 0 Å². The van der Waals surface area contributed by atoms with Crippen LogP contribution in [-0.4, -0.2) is 17.5 Å². The van der Waals surface area contributed by atoms with E-state index in [0.29, 0.717) is 0 Å². The molecule has 4 N–H and O–H groups in total. The first kappa shape index (κ1) is 18.3. The second kappa shape index (κ2) is 9.27. The quantitative estimate of drug-likeness (QED) is 0.302. The summed E-state index contributed by atoms with van der Waals surface area (Å²) in [6.45, 7) is 0. The Kier molecular flexibility index (Phi) is 8.09. The molecule has 0 aliphatic rings. The summed E-state index contributed by atoms with van der Waals surface area (Å²) >= 11 is 0. The number of diazo groups is 1. The third-order valence-electron chi connectivity index (χ3n) is 1.97. The molecule has 0 aliphatic carbocycles. The van der Waals surface area contributed by atoms with Gasteiger partial charge in [0.1, 0.15) is 0 Å². The summed E-state index contributed by atoms with van der Waals surface area (Å²) in [5.41, 5.74) is 8.50. The zero-order valence-corrected chi connectivity index (χ0v) is 11.6. The molecule has 2 aromatic rings. The van der Waals surface area contributed by atoms with Crippen LogP contribution in [0.5, 0.6) is 0 Å². The highest BCUT2D eigenvalue weighted by atomic mass is 32.3. The number of hydrogen-bond donors (Lipinski definition) is 3. The zero-order valence-electron chi connectivity index (χ0n) is 10.8. The molecule has 2 rings (SSSR count). The Balaban J connectivity index is 0.000000489. The lowest BCUT2D eigenvalue weighted by Gasteiger charge is -2.06. The van der Waals surface area contributed by atoms with Crippen molar-refractivity contribution in [2.75, 3.05) is 11.1 Å². The number of nitrogen functional groups attached to an aromatic ring is 1. The Bertz CT molecular complexity index is 634. The number of rotatable bonds is 2. The first-order chi connectivity index (χ1) is 9.84. The van der Waals surface area contributed by atoms with Gasteiger partial charge in [0.25, 0.3) is 0 Å². The summed E-state index contributed by atoms with van der Waals surface area (Å²) in [7, 11) is -5.17. The van der Waals surface area contributed by atoms with Crippen LogP contribution in [0.3, 0.4) is 0 Å². The van der Waals surface area contributed by atoms with E-state index in [1.165, 1.54) is 0 Å². The van der Waals surface area contributed by atoms with E-state index < -0.39 is 10.4 Å². The molecule has 9 heteroatoms. The van der Waals surface area contributed by atoms with Crippen molar-refractivity contribution in [3.8, 4) is 0 Å². The first-order valence-electron chi connectivity index (χ1n) is 5.41. The fourth-order valence-electron chi connectivity index (χ4n) is 1.25. The van der Waals surface area contributed by atoms with Crippen molar-refractivity contribution in [2.24, 2.45) is 0 Å². The van der Waals surface area contributed by atoms with Gasteiger partial charge in [-0.1, -0.05) is 18.2 Å². The SMILES string of the molecule is N#[NH+].Nc1ccc(Nc2ccccc2)cc1.O=S(=O)([O-])[O-]. The Labute approximate surface area is 122 Å². The Morgan fingerprint density at radius 1 is 0.905 bits per heavy atom. The lowest BCUT2D eigenvalue weighted by Crippen LogP contribution is -2.11. The van der Waals surface area contributed by atoms with Crippen molar-refractivity contribution >= 4 is 27.5 Å². The minimum absolute atomic E-state index is 0.781. The van der Waals surface area contributed by atoms with Gasteiger partial charge in [-0.2, -0.15) is 0 Å². The van der Waals surface area contributed by atoms with Gasteiger partial charge in [0.05, 0.1) is 5.39 Å². The maximum Gasteiger partial charge on any atom is 0.212 e. The van der Waals surface area contributed by atoms with Gasteiger partial charge in [0.15, 0.2) is 0 Å². The molecule has 0 unspecified atom stereocenters. The zero-order chi connectivity index (χ0) is 16.3. The Morgan fingerprint density at radius 3 is 1.71 bits per heavy atom. The first-order valence-corrected chi connectivity index (χ1v) is 6.74. The molecule has 2 aromatic carbocycles. The Morgan fingerprint density at radius 2 is 1.29 bits per heavy atom. The second-order valence-corrected chi connectivity index (χ2v) is 4.34. The van der Waals surface area contributed by atoms with Gasteiger partial charge in [-0.15, -0.1) is 0 Å². The Hall–Kier alpha value is -2.67. The van der Waals surface area contributed by atoms with E-state index in [0.717, 1.165) is 17.1 Å². The maximum atomic E-state index is 8.52. The van der Waals surface area contributed by atoms with E-state index in [4.69, 9.17) is 34.0 Å². The van der Waals surface area contributed by atoms with Crippen molar-refractivity contribution in [1.29, 1.82) is 5.39 Å². The van der Waals surface area contributed by atoms with Crippen LogP contribution in [0.1, 0.15) is 0 Å². The molecule has 0 aliphatic heterocycles. The molecule has 0 aromatic heterocycles. The van der Waals surface area contributed by atoms with Gasteiger partial charge in [0, 0.05) is 27.5 Å². The molecule has 112 valence electrons. The average Bonchev–Trinajstić information content (AvgIpc) is 2.43. The van der Waals surface area contributed by atoms with Gasteiger partial charge in [0.2, 0.25) is 5.39 Å². The number of anilines is 3. The maximum absolute atomic E-state index is 8.52. The molecular weight excluding hydrogens is 296 g/mol. The number of benzene rings is 2. The normalized spacial score (nSPS) is 9.33. The van der Waals surface area contributed by atoms with E-state index >= 15 is 0 Å². The second-order valence-electron chi connectivity index (χ2n) is 3.52. The summed E-state index contributed by atoms with van der Waals surface area (Å²) in [6, 6.07) is 17.7. The van der Waals surface area contributed by atoms with Crippen molar-refractivity contribution in [2.45, 2.75) is 0 Å². The molecule has 0 atom stereocenters. The largest absolute Gasteiger partial charge is 0.759 e. The van der Waals surface area contributed by atoms with Crippen LogP contribution in [0.15, 0.2) is 54.6 Å². The van der Waals surface area contributed by atoms with Crippen molar-refractivity contribution in [1.82, 2.24) is 0 Å². The van der Waals surface area contributed by atoms with Gasteiger partial charge in [-0.25, -0.2) is 0 Å². The van der Waals surface area contributed by atoms with Crippen LogP contribution < -0.4 is 16.4 Å². The van der Waals surface area contributed by atoms with E-state index in [9.17, 15) is 0 Å². The molecule has 21 heavy (non-hydrogen) atoms. The summed E-state index contributed by atoms with van der Waals surface area (Å²) in [5, 5.41) is 14.3. The van der Waals surface area contributed by atoms with E-state index in [1.54, 1.807) is 0 Å². The third-order valence-corrected chi connectivity index (χ3v) is 1.97. The molecule has 0 radical (unpaired) electrons. The minimum Gasteiger partial charge on any atom is -0.759 e. The number of nitrogens with zero attached hydrogens (tertiary/aromatic N) is 1. The molecule has 0 bridgehead atoms. The fourth-order valence-corrected chi connectivity index (χ4v) is 1.25.